The number of hydrogen-bond acceptors (Lipinski definition) is 8. The van der Waals surface area contributed by atoms with Crippen LogP contribution in [-0.2, 0) is 20.2 Å². The molecule has 12 heteroatoms. The van der Waals surface area contributed by atoms with Gasteiger partial charge in [-0.3, -0.25) is 0 Å². The standard InChI is InChI=1S/2C10H15NO.C2H6O6S2/c2*1-8(11-2)10(12)9-6-4-3-5-7-9;3-9(4,5)1-2-10(6,7)8/h2*3-8,10-12H,1-2H3;1-2H2,(H,3,4,5)(H,6,7,8)/t2*8-,10-;/m11./s1. The summed E-state index contributed by atoms with van der Waals surface area (Å²) in [7, 11) is -5.23. The van der Waals surface area contributed by atoms with Gasteiger partial charge in [0.2, 0.25) is 0 Å². The second-order valence-electron chi connectivity index (χ2n) is 7.62. The van der Waals surface area contributed by atoms with Crippen molar-refractivity contribution in [3.8, 4) is 0 Å². The third-order valence-electron chi connectivity index (χ3n) is 4.91. The number of aliphatic hydroxyl groups excluding tert-OH is 2. The maximum atomic E-state index is 9.76. The summed E-state index contributed by atoms with van der Waals surface area (Å²) in [4.78, 5) is 0. The van der Waals surface area contributed by atoms with Gasteiger partial charge in [-0.05, 0) is 25.0 Å². The molecule has 0 aliphatic carbocycles. The van der Waals surface area contributed by atoms with Crippen LogP contribution in [0.1, 0.15) is 37.2 Å². The van der Waals surface area contributed by atoms with Crippen molar-refractivity contribution >= 4 is 20.2 Å². The van der Waals surface area contributed by atoms with Crippen LogP contribution in [-0.4, -0.2) is 73.8 Å². The predicted octanol–water partition coefficient (Wildman–Crippen LogP) is -1.32. The van der Waals surface area contributed by atoms with Crippen molar-refractivity contribution in [3.63, 3.8) is 0 Å². The molecule has 0 radical (unpaired) electrons. The molecule has 10 nitrogen and oxygen atoms in total. The molecule has 0 amide bonds. The fraction of sp³-hybridized carbons (Fsp3) is 0.455. The molecule has 34 heavy (non-hydrogen) atoms. The highest BCUT2D eigenvalue weighted by Crippen LogP contribution is 2.14. The minimum atomic E-state index is -4.59. The fourth-order valence-electron chi connectivity index (χ4n) is 2.48. The van der Waals surface area contributed by atoms with E-state index in [1.165, 1.54) is 0 Å². The van der Waals surface area contributed by atoms with Crippen LogP contribution in [0.3, 0.4) is 0 Å². The number of nitrogens with two attached hydrogens (primary N) is 2. The molecular formula is C22H36N2O8S2. The van der Waals surface area contributed by atoms with Crippen molar-refractivity contribution in [3.05, 3.63) is 71.8 Å². The molecule has 6 N–H and O–H groups in total. The van der Waals surface area contributed by atoms with Gasteiger partial charge in [-0.2, -0.15) is 0 Å². The van der Waals surface area contributed by atoms with Gasteiger partial charge in [-0.15, -0.1) is 0 Å². The highest BCUT2D eigenvalue weighted by molar-refractivity contribution is 7.89. The minimum Gasteiger partial charge on any atom is -0.748 e. The summed E-state index contributed by atoms with van der Waals surface area (Å²) in [5.41, 5.74) is 1.98. The Morgan fingerprint density at radius 3 is 1.15 bits per heavy atom. The van der Waals surface area contributed by atoms with E-state index in [9.17, 15) is 36.2 Å². The number of likely N-dealkylation sites (N-methyl/N-ethyl adjacent to an activating group) is 2. The number of quaternary nitrogens is 2. The summed E-state index contributed by atoms with van der Waals surface area (Å²) in [6.45, 7) is 4.02. The van der Waals surface area contributed by atoms with Crippen molar-refractivity contribution in [2.75, 3.05) is 25.6 Å². The Kier molecular flexibility index (Phi) is 15.0. The Labute approximate surface area is 202 Å². The fourth-order valence-corrected chi connectivity index (χ4v) is 4.11. The second-order valence-corrected chi connectivity index (χ2v) is 10.7. The summed E-state index contributed by atoms with van der Waals surface area (Å²) < 4.78 is 58.3. The Balaban J connectivity index is 0.000000484. The second kappa shape index (κ2) is 15.9. The van der Waals surface area contributed by atoms with Gasteiger partial charge >= 0.3 is 0 Å². The number of aliphatic hydroxyl groups is 2. The number of benzene rings is 2. The van der Waals surface area contributed by atoms with Gasteiger partial charge in [0.1, 0.15) is 24.3 Å². The molecule has 0 heterocycles. The van der Waals surface area contributed by atoms with E-state index < -0.39 is 31.7 Å². The third-order valence-corrected chi connectivity index (χ3v) is 6.58. The van der Waals surface area contributed by atoms with Crippen molar-refractivity contribution in [2.24, 2.45) is 0 Å². The van der Waals surface area contributed by atoms with Crippen LogP contribution in [0.4, 0.5) is 0 Å². The predicted molar refractivity (Wildman–Crippen MR) is 127 cm³/mol. The minimum absolute atomic E-state index is 0.215. The third kappa shape index (κ3) is 15.1. The molecule has 0 spiro atoms. The Morgan fingerprint density at radius 1 is 0.676 bits per heavy atom. The molecule has 0 aliphatic heterocycles. The molecule has 0 saturated heterocycles. The van der Waals surface area contributed by atoms with Gasteiger partial charge in [-0.25, -0.2) is 16.8 Å². The van der Waals surface area contributed by atoms with Gasteiger partial charge in [0.25, 0.3) is 0 Å². The zero-order chi connectivity index (χ0) is 26.4. The first-order chi connectivity index (χ1) is 15.7. The zero-order valence-corrected chi connectivity index (χ0v) is 21.4. The Morgan fingerprint density at radius 2 is 0.941 bits per heavy atom. The molecule has 0 bridgehead atoms. The summed E-state index contributed by atoms with van der Waals surface area (Å²) in [5.74, 6) is -2.31. The summed E-state index contributed by atoms with van der Waals surface area (Å²) in [5, 5.41) is 23.5. The zero-order valence-electron chi connectivity index (χ0n) is 19.8. The molecule has 0 unspecified atom stereocenters. The lowest BCUT2D eigenvalue weighted by atomic mass is 10.0. The molecule has 0 aliphatic rings. The van der Waals surface area contributed by atoms with Crippen molar-refractivity contribution in [2.45, 2.75) is 38.1 Å². The first-order valence-electron chi connectivity index (χ1n) is 10.6. The first-order valence-corrected chi connectivity index (χ1v) is 13.8. The van der Waals surface area contributed by atoms with Crippen molar-refractivity contribution < 1.29 is 46.8 Å². The van der Waals surface area contributed by atoms with E-state index in [0.29, 0.717) is 0 Å². The normalized spacial score (nSPS) is 14.9. The lowest BCUT2D eigenvalue weighted by molar-refractivity contribution is -0.669. The first kappa shape index (κ1) is 32.1. The average molecular weight is 521 g/mol. The topological polar surface area (TPSA) is 188 Å². The maximum Gasteiger partial charge on any atom is 0.130 e. The number of hydrogen-bond donors (Lipinski definition) is 4. The van der Waals surface area contributed by atoms with E-state index in [-0.39, 0.29) is 24.3 Å². The summed E-state index contributed by atoms with van der Waals surface area (Å²) in [6, 6.07) is 19.9. The van der Waals surface area contributed by atoms with Gasteiger partial charge < -0.3 is 30.0 Å². The quantitative estimate of drug-likeness (QED) is 0.293. The van der Waals surface area contributed by atoms with Gasteiger partial charge in [0, 0.05) is 0 Å². The smallest absolute Gasteiger partial charge is 0.130 e. The van der Waals surface area contributed by atoms with Gasteiger partial charge in [0.15, 0.2) is 0 Å². The van der Waals surface area contributed by atoms with Crippen LogP contribution in [0, 0.1) is 0 Å². The highest BCUT2D eigenvalue weighted by atomic mass is 32.2. The maximum absolute atomic E-state index is 9.76. The van der Waals surface area contributed by atoms with Crippen LogP contribution in [0.25, 0.3) is 0 Å². The molecule has 2 aromatic rings. The molecule has 194 valence electrons. The molecule has 0 saturated carbocycles. The lowest BCUT2D eigenvalue weighted by Gasteiger charge is -2.15. The molecule has 4 atom stereocenters. The monoisotopic (exact) mass is 520 g/mol. The van der Waals surface area contributed by atoms with Crippen LogP contribution in [0.5, 0.6) is 0 Å². The molecule has 2 rings (SSSR count). The number of rotatable bonds is 9. The summed E-state index contributed by atoms with van der Waals surface area (Å²) >= 11 is 0. The van der Waals surface area contributed by atoms with Crippen LogP contribution in [0.15, 0.2) is 60.7 Å². The van der Waals surface area contributed by atoms with Crippen LogP contribution in [0.2, 0.25) is 0 Å². The van der Waals surface area contributed by atoms with Gasteiger partial charge in [-0.1, -0.05) is 60.7 Å². The summed E-state index contributed by atoms with van der Waals surface area (Å²) in [6.07, 6.45) is -0.729. The van der Waals surface area contributed by atoms with Crippen molar-refractivity contribution in [1.29, 1.82) is 0 Å². The molecular weight excluding hydrogens is 484 g/mol. The van der Waals surface area contributed by atoms with E-state index in [0.717, 1.165) is 11.1 Å². The van der Waals surface area contributed by atoms with E-state index in [4.69, 9.17) is 0 Å². The lowest BCUT2D eigenvalue weighted by Crippen LogP contribution is -2.86. The molecule has 0 aromatic heterocycles. The van der Waals surface area contributed by atoms with Gasteiger partial charge in [0.05, 0.1) is 45.8 Å². The largest absolute Gasteiger partial charge is 0.748 e. The van der Waals surface area contributed by atoms with Crippen LogP contribution < -0.4 is 10.6 Å². The van der Waals surface area contributed by atoms with Crippen LogP contribution >= 0.6 is 0 Å². The molecule has 0 fully saturated rings. The van der Waals surface area contributed by atoms with E-state index in [1.54, 1.807) is 0 Å². The SMILES string of the molecule is C[NH2+][C@H](C)[C@@H](O)c1ccccc1.C[NH2+][C@H](C)[C@@H](O)c1ccccc1.O=S(=O)([O-])CCS(=O)(=O)[O-]. The van der Waals surface area contributed by atoms with Crippen molar-refractivity contribution in [1.82, 2.24) is 0 Å². The van der Waals surface area contributed by atoms with E-state index in [2.05, 4.69) is 0 Å². The Hall–Kier alpha value is -1.90. The molecule has 2 aromatic carbocycles. The average Bonchev–Trinajstić information content (AvgIpc) is 2.82. The van der Waals surface area contributed by atoms with E-state index >= 15 is 0 Å². The Bertz CT molecular complexity index is 920. The van der Waals surface area contributed by atoms with E-state index in [1.807, 2.05) is 99.2 Å². The highest BCUT2D eigenvalue weighted by Gasteiger charge is 2.17.